The highest BCUT2D eigenvalue weighted by Crippen LogP contribution is 2.32. The van der Waals surface area contributed by atoms with Gasteiger partial charge in [-0.15, -0.1) is 12.3 Å². The Kier molecular flexibility index (Phi) is 8.88. The van der Waals surface area contributed by atoms with Crippen LogP contribution in [0.15, 0.2) is 46.2 Å². The topological polar surface area (TPSA) is 51.7 Å². The number of rotatable bonds is 9. The third-order valence-electron chi connectivity index (χ3n) is 4.44. The molecule has 0 saturated carbocycles. The normalized spacial score (nSPS) is 10.3. The van der Waals surface area contributed by atoms with E-state index in [2.05, 4.69) is 28.4 Å². The summed E-state index contributed by atoms with van der Waals surface area (Å²) >= 11 is 1.67. The summed E-state index contributed by atoms with van der Waals surface area (Å²) in [7, 11) is 9.74. The number of hydrogen-bond donors (Lipinski definition) is 1. The van der Waals surface area contributed by atoms with Gasteiger partial charge in [-0.05, 0) is 49.2 Å². The van der Waals surface area contributed by atoms with Crippen LogP contribution in [0.5, 0.6) is 0 Å². The maximum Gasteiger partial charge on any atom is 0.321 e. The second kappa shape index (κ2) is 11.4. The van der Waals surface area contributed by atoms with Crippen molar-refractivity contribution < 1.29 is 4.79 Å². The molecular formula is C23H31N5OS. The van der Waals surface area contributed by atoms with E-state index in [1.807, 2.05) is 62.3 Å². The number of carbonyl (C=O) groups is 1. The Balaban J connectivity index is 1.99. The Bertz CT molecular complexity index is 848. The molecule has 0 spiro atoms. The van der Waals surface area contributed by atoms with Gasteiger partial charge in [0.25, 0.3) is 0 Å². The second-order valence-electron chi connectivity index (χ2n) is 7.45. The van der Waals surface area contributed by atoms with Crippen LogP contribution in [-0.2, 0) is 0 Å². The highest BCUT2D eigenvalue weighted by molar-refractivity contribution is 7.99. The van der Waals surface area contributed by atoms with Crippen molar-refractivity contribution in [1.29, 1.82) is 0 Å². The first kappa shape index (κ1) is 23.4. The van der Waals surface area contributed by atoms with Crippen LogP contribution in [0.3, 0.4) is 0 Å². The lowest BCUT2D eigenvalue weighted by atomic mass is 10.2. The third kappa shape index (κ3) is 7.20. The molecule has 0 fully saturated rings. The van der Waals surface area contributed by atoms with Crippen LogP contribution >= 0.6 is 11.8 Å². The molecule has 2 rings (SSSR count). The summed E-state index contributed by atoms with van der Waals surface area (Å²) in [5, 5.41) is 2.94. The summed E-state index contributed by atoms with van der Waals surface area (Å²) in [6.07, 6.45) is 7.84. The number of hydrogen-bond acceptors (Lipinski definition) is 5. The molecule has 160 valence electrons. The third-order valence-corrected chi connectivity index (χ3v) is 5.42. The maximum atomic E-state index is 12.3. The van der Waals surface area contributed by atoms with E-state index < -0.39 is 0 Å². The zero-order valence-electron chi connectivity index (χ0n) is 18.5. The number of unbranched alkanes of at least 4 members (excludes halogenated alkanes) is 2. The number of nitrogens with zero attached hydrogens (tertiary/aromatic N) is 4. The molecule has 1 aromatic carbocycles. The van der Waals surface area contributed by atoms with Crippen LogP contribution in [0.2, 0.25) is 0 Å². The second-order valence-corrected chi connectivity index (χ2v) is 8.59. The average molecular weight is 426 g/mol. The number of nitrogens with one attached hydrogen (secondary N) is 1. The Hall–Kier alpha value is -2.85. The number of urea groups is 1. The highest BCUT2D eigenvalue weighted by Gasteiger charge is 2.10. The molecule has 0 unspecified atom stereocenters. The van der Waals surface area contributed by atoms with Crippen LogP contribution in [0, 0.1) is 12.3 Å². The molecule has 0 aliphatic heterocycles. The molecule has 1 N–H and O–H groups in total. The summed E-state index contributed by atoms with van der Waals surface area (Å²) in [5.41, 5.74) is 0.775. The van der Waals surface area contributed by atoms with Gasteiger partial charge >= 0.3 is 6.03 Å². The van der Waals surface area contributed by atoms with Gasteiger partial charge in [0.1, 0.15) is 11.6 Å². The fraction of sp³-hybridized carbons (Fsp3) is 0.391. The van der Waals surface area contributed by atoms with E-state index in [9.17, 15) is 4.79 Å². The average Bonchev–Trinajstić information content (AvgIpc) is 2.72. The van der Waals surface area contributed by atoms with Crippen molar-refractivity contribution in [2.24, 2.45) is 0 Å². The molecule has 30 heavy (non-hydrogen) atoms. The van der Waals surface area contributed by atoms with Gasteiger partial charge in [-0.25, -0.2) is 9.78 Å². The van der Waals surface area contributed by atoms with E-state index in [0.717, 1.165) is 46.4 Å². The Labute approximate surface area is 184 Å². The fourth-order valence-corrected chi connectivity index (χ4v) is 3.51. The van der Waals surface area contributed by atoms with Crippen LogP contribution in [0.4, 0.5) is 22.1 Å². The molecule has 7 heteroatoms. The molecule has 0 atom stereocenters. The van der Waals surface area contributed by atoms with Crippen LogP contribution < -0.4 is 15.1 Å². The van der Waals surface area contributed by atoms with Gasteiger partial charge in [-0.3, -0.25) is 0 Å². The largest absolute Gasteiger partial charge is 0.363 e. The summed E-state index contributed by atoms with van der Waals surface area (Å²) in [5.74, 6) is 4.45. The molecule has 0 radical (unpaired) electrons. The van der Waals surface area contributed by atoms with Crippen molar-refractivity contribution in [3.8, 4) is 12.3 Å². The van der Waals surface area contributed by atoms with Gasteiger partial charge in [-0.2, -0.15) is 0 Å². The van der Waals surface area contributed by atoms with E-state index in [-0.39, 0.29) is 6.03 Å². The minimum Gasteiger partial charge on any atom is -0.363 e. The maximum absolute atomic E-state index is 12.3. The first-order valence-electron chi connectivity index (χ1n) is 9.90. The van der Waals surface area contributed by atoms with E-state index in [1.165, 1.54) is 0 Å². The monoisotopic (exact) mass is 425 g/mol. The molecule has 0 bridgehead atoms. The fourth-order valence-electron chi connectivity index (χ4n) is 2.63. The molecule has 0 aliphatic rings. The lowest BCUT2D eigenvalue weighted by Gasteiger charge is -2.18. The smallest absolute Gasteiger partial charge is 0.321 e. The highest BCUT2D eigenvalue weighted by atomic mass is 32.2. The lowest BCUT2D eigenvalue weighted by Crippen LogP contribution is -2.32. The first-order valence-corrected chi connectivity index (χ1v) is 10.7. The predicted octanol–water partition coefficient (Wildman–Crippen LogP) is 4.63. The van der Waals surface area contributed by atoms with Gasteiger partial charge in [0.05, 0.1) is 0 Å². The molecular weight excluding hydrogens is 394 g/mol. The van der Waals surface area contributed by atoms with Gasteiger partial charge in [0.15, 0.2) is 0 Å². The number of amides is 2. The number of benzene rings is 1. The first-order chi connectivity index (χ1) is 14.3. The summed E-state index contributed by atoms with van der Waals surface area (Å²) < 4.78 is 0. The van der Waals surface area contributed by atoms with E-state index in [0.29, 0.717) is 6.54 Å². The van der Waals surface area contributed by atoms with Crippen molar-refractivity contribution >= 4 is 35.1 Å². The van der Waals surface area contributed by atoms with Crippen molar-refractivity contribution in [3.63, 3.8) is 0 Å². The lowest BCUT2D eigenvalue weighted by molar-refractivity contribution is 0.221. The van der Waals surface area contributed by atoms with E-state index >= 15 is 0 Å². The summed E-state index contributed by atoms with van der Waals surface area (Å²) in [6.45, 7) is 0.686. The van der Waals surface area contributed by atoms with Crippen molar-refractivity contribution in [2.45, 2.75) is 29.1 Å². The van der Waals surface area contributed by atoms with Gasteiger partial charge < -0.3 is 20.0 Å². The van der Waals surface area contributed by atoms with Crippen LogP contribution in [-0.4, -0.2) is 57.7 Å². The molecule has 1 aromatic heterocycles. The minimum atomic E-state index is -0.114. The number of pyridine rings is 1. The standard InChI is InChI=1S/C23H31N5OS/c1-7-8-9-10-15-28(6)23(29)24-18-11-13-19(14-12-18)30-20-16-21(26(2)3)25-22(17-20)27(4)5/h1,11-14,16-17H,8-10,15H2,2-6H3,(H,24,29). The van der Waals surface area contributed by atoms with Crippen LogP contribution in [0.1, 0.15) is 19.3 Å². The zero-order chi connectivity index (χ0) is 22.1. The molecule has 0 saturated heterocycles. The van der Waals surface area contributed by atoms with Crippen molar-refractivity contribution in [2.75, 3.05) is 56.9 Å². The Morgan fingerprint density at radius 3 is 2.13 bits per heavy atom. The number of anilines is 3. The summed E-state index contributed by atoms with van der Waals surface area (Å²) in [6, 6.07) is 11.9. The number of terminal acetylenes is 1. The quantitative estimate of drug-likeness (QED) is 0.469. The summed E-state index contributed by atoms with van der Waals surface area (Å²) in [4.78, 5) is 24.8. The predicted molar refractivity (Wildman–Crippen MR) is 128 cm³/mol. The van der Waals surface area contributed by atoms with Crippen molar-refractivity contribution in [1.82, 2.24) is 9.88 Å². The van der Waals surface area contributed by atoms with Gasteiger partial charge in [0.2, 0.25) is 0 Å². The Morgan fingerprint density at radius 1 is 1.00 bits per heavy atom. The minimum absolute atomic E-state index is 0.114. The van der Waals surface area contributed by atoms with E-state index in [1.54, 1.807) is 23.7 Å². The Morgan fingerprint density at radius 2 is 1.60 bits per heavy atom. The number of aromatic nitrogens is 1. The molecule has 2 aromatic rings. The van der Waals surface area contributed by atoms with Crippen molar-refractivity contribution in [3.05, 3.63) is 36.4 Å². The SMILES string of the molecule is C#CCCCCN(C)C(=O)Nc1ccc(Sc2cc(N(C)C)nc(N(C)C)c2)cc1. The molecule has 2 amide bonds. The zero-order valence-corrected chi connectivity index (χ0v) is 19.3. The van der Waals surface area contributed by atoms with Gasteiger partial charge in [0, 0.05) is 63.7 Å². The molecule has 1 heterocycles. The van der Waals surface area contributed by atoms with Crippen LogP contribution in [0.25, 0.3) is 0 Å². The number of carbonyl (C=O) groups excluding carboxylic acids is 1. The van der Waals surface area contributed by atoms with Gasteiger partial charge in [-0.1, -0.05) is 11.8 Å². The molecule has 0 aliphatic carbocycles. The molecule has 6 nitrogen and oxygen atoms in total. The van der Waals surface area contributed by atoms with E-state index in [4.69, 9.17) is 6.42 Å².